The van der Waals surface area contributed by atoms with Gasteiger partial charge >= 0.3 is 0 Å². The third-order valence-electron chi connectivity index (χ3n) is 1.98. The molecule has 0 aliphatic rings. The van der Waals surface area contributed by atoms with E-state index in [1.54, 1.807) is 24.0 Å². The Bertz CT molecular complexity index is 398. The van der Waals surface area contributed by atoms with Crippen molar-refractivity contribution in [3.8, 4) is 0 Å². The molecule has 2 rings (SSSR count). The molecule has 6 heteroatoms. The zero-order chi connectivity index (χ0) is 10.5. The van der Waals surface area contributed by atoms with Gasteiger partial charge in [-0.05, 0) is 6.42 Å². The van der Waals surface area contributed by atoms with Crippen LogP contribution < -0.4 is 0 Å². The molecule has 0 saturated carbocycles. The molecule has 0 saturated heterocycles. The molecule has 0 spiro atoms. The van der Waals surface area contributed by atoms with Gasteiger partial charge in [-0.25, -0.2) is 9.97 Å². The van der Waals surface area contributed by atoms with Crippen LogP contribution in [0.5, 0.6) is 0 Å². The summed E-state index contributed by atoms with van der Waals surface area (Å²) in [4.78, 5) is 8.28. The van der Waals surface area contributed by atoms with Gasteiger partial charge in [0.15, 0.2) is 0 Å². The minimum atomic E-state index is 0.500. The van der Waals surface area contributed by atoms with Crippen molar-refractivity contribution in [2.24, 2.45) is 0 Å². The lowest BCUT2D eigenvalue weighted by Crippen LogP contribution is -1.99. The van der Waals surface area contributed by atoms with E-state index in [9.17, 15) is 0 Å². The highest BCUT2D eigenvalue weighted by Crippen LogP contribution is 2.13. The van der Waals surface area contributed by atoms with Crippen LogP contribution in [0.15, 0.2) is 18.0 Å². The second-order valence-electron chi connectivity index (χ2n) is 3.13. The van der Waals surface area contributed by atoms with Gasteiger partial charge in [0, 0.05) is 18.3 Å². The Morgan fingerprint density at radius 1 is 1.47 bits per heavy atom. The van der Waals surface area contributed by atoms with E-state index in [0.29, 0.717) is 5.88 Å². The predicted octanol–water partition coefficient (Wildman–Crippen LogP) is 2.11. The summed E-state index contributed by atoms with van der Waals surface area (Å²) in [5, 5.41) is 7.19. The van der Waals surface area contributed by atoms with E-state index < -0.39 is 0 Å². The van der Waals surface area contributed by atoms with E-state index >= 15 is 0 Å². The number of nitrogens with zero attached hydrogens (tertiary/aromatic N) is 4. The third-order valence-corrected chi connectivity index (χ3v) is 3.21. The topological polar surface area (TPSA) is 43.6 Å². The minimum Gasteiger partial charge on any atom is -0.253 e. The Morgan fingerprint density at radius 2 is 2.40 bits per heavy atom. The highest BCUT2D eigenvalue weighted by atomic mass is 35.5. The molecule has 0 unspecified atom stereocenters. The molecule has 15 heavy (non-hydrogen) atoms. The van der Waals surface area contributed by atoms with Crippen molar-refractivity contribution in [1.29, 1.82) is 0 Å². The van der Waals surface area contributed by atoms with Gasteiger partial charge in [0.25, 0.3) is 0 Å². The van der Waals surface area contributed by atoms with Crippen LogP contribution in [0, 0.1) is 0 Å². The van der Waals surface area contributed by atoms with Crippen LogP contribution in [-0.4, -0.2) is 19.7 Å². The summed E-state index contributed by atoms with van der Waals surface area (Å²) in [6, 6.07) is 0. The molecule has 0 aliphatic carbocycles. The van der Waals surface area contributed by atoms with Crippen molar-refractivity contribution >= 4 is 22.9 Å². The fraction of sp³-hybridized carbons (Fsp3) is 0.444. The number of halogens is 1. The lowest BCUT2D eigenvalue weighted by atomic mass is 10.3. The lowest BCUT2D eigenvalue weighted by Gasteiger charge is -1.97. The first-order valence-corrected chi connectivity index (χ1v) is 6.11. The van der Waals surface area contributed by atoms with E-state index in [1.807, 2.05) is 10.1 Å². The maximum atomic E-state index is 5.68. The first-order chi connectivity index (χ1) is 7.38. The van der Waals surface area contributed by atoms with Crippen LogP contribution in [-0.2, 0) is 18.8 Å². The van der Waals surface area contributed by atoms with E-state index in [-0.39, 0.29) is 0 Å². The normalized spacial score (nSPS) is 10.7. The van der Waals surface area contributed by atoms with Gasteiger partial charge in [0.05, 0.1) is 16.6 Å². The molecule has 0 N–H and O–H groups in total. The Hall–Kier alpha value is -0.940. The molecule has 2 heterocycles. The Morgan fingerprint density at radius 3 is 3.07 bits per heavy atom. The maximum Gasteiger partial charge on any atom is 0.137 e. The smallest absolute Gasteiger partial charge is 0.137 e. The molecule has 0 atom stereocenters. The molecule has 4 nitrogen and oxygen atoms in total. The van der Waals surface area contributed by atoms with Crippen molar-refractivity contribution in [1.82, 2.24) is 19.7 Å². The molecule has 0 radical (unpaired) electrons. The van der Waals surface area contributed by atoms with Crippen LogP contribution in [0.1, 0.15) is 17.1 Å². The second kappa shape index (κ2) is 5.23. The number of aryl methyl sites for hydroxylation is 2. The summed E-state index contributed by atoms with van der Waals surface area (Å²) in [6.07, 6.45) is 5.28. The number of rotatable bonds is 5. The highest BCUT2D eigenvalue weighted by molar-refractivity contribution is 7.09. The highest BCUT2D eigenvalue weighted by Gasteiger charge is 2.01. The number of aromatic nitrogens is 4. The van der Waals surface area contributed by atoms with Crippen LogP contribution in [0.4, 0.5) is 0 Å². The molecular formula is C9H11ClN4S. The molecule has 80 valence electrons. The fourth-order valence-corrected chi connectivity index (χ4v) is 2.33. The molecule has 2 aromatic rings. The second-order valence-corrected chi connectivity index (χ2v) is 4.34. The van der Waals surface area contributed by atoms with Crippen molar-refractivity contribution in [3.63, 3.8) is 0 Å². The van der Waals surface area contributed by atoms with Crippen LogP contribution >= 0.6 is 22.9 Å². The van der Waals surface area contributed by atoms with Gasteiger partial charge in [0.2, 0.25) is 0 Å². The Balaban J connectivity index is 1.78. The van der Waals surface area contributed by atoms with Crippen LogP contribution in [0.3, 0.4) is 0 Å². The molecule has 0 aliphatic heterocycles. The summed E-state index contributed by atoms with van der Waals surface area (Å²) < 4.78 is 1.83. The summed E-state index contributed by atoms with van der Waals surface area (Å²) in [5.41, 5.74) is 0.970. The van der Waals surface area contributed by atoms with E-state index in [0.717, 1.165) is 30.1 Å². The average molecular weight is 243 g/mol. The van der Waals surface area contributed by atoms with Crippen molar-refractivity contribution < 1.29 is 0 Å². The molecule has 0 bridgehead atoms. The third kappa shape index (κ3) is 3.00. The van der Waals surface area contributed by atoms with Gasteiger partial charge in [-0.15, -0.1) is 22.9 Å². The van der Waals surface area contributed by atoms with E-state index in [1.165, 1.54) is 0 Å². The van der Waals surface area contributed by atoms with Crippen LogP contribution in [0.2, 0.25) is 0 Å². The molecule has 0 aromatic carbocycles. The minimum absolute atomic E-state index is 0.500. The van der Waals surface area contributed by atoms with Gasteiger partial charge in [0.1, 0.15) is 12.7 Å². The molecule has 2 aromatic heterocycles. The van der Waals surface area contributed by atoms with Crippen molar-refractivity contribution in [3.05, 3.63) is 28.7 Å². The van der Waals surface area contributed by atoms with Gasteiger partial charge in [-0.3, -0.25) is 4.68 Å². The van der Waals surface area contributed by atoms with Gasteiger partial charge in [-0.2, -0.15) is 5.10 Å². The zero-order valence-electron chi connectivity index (χ0n) is 8.14. The SMILES string of the molecule is ClCc1csc(CCCn2cncn2)n1. The maximum absolute atomic E-state index is 5.68. The van der Waals surface area contributed by atoms with Crippen LogP contribution in [0.25, 0.3) is 0 Å². The van der Waals surface area contributed by atoms with Crippen molar-refractivity contribution in [2.75, 3.05) is 0 Å². The first-order valence-electron chi connectivity index (χ1n) is 4.70. The molecular weight excluding hydrogens is 232 g/mol. The van der Waals surface area contributed by atoms with Crippen molar-refractivity contribution in [2.45, 2.75) is 25.3 Å². The van der Waals surface area contributed by atoms with Gasteiger partial charge in [-0.1, -0.05) is 0 Å². The fourth-order valence-electron chi connectivity index (χ4n) is 1.27. The molecule has 0 amide bonds. The lowest BCUT2D eigenvalue weighted by molar-refractivity contribution is 0.576. The predicted molar refractivity (Wildman–Crippen MR) is 60.0 cm³/mol. The largest absolute Gasteiger partial charge is 0.253 e. The standard InChI is InChI=1S/C9H11ClN4S/c10-4-8-5-15-9(13-8)2-1-3-14-7-11-6-12-14/h5-7H,1-4H2. The summed E-state index contributed by atoms with van der Waals surface area (Å²) in [5.74, 6) is 0.500. The number of hydrogen-bond donors (Lipinski definition) is 0. The number of alkyl halides is 1. The summed E-state index contributed by atoms with van der Waals surface area (Å²) >= 11 is 7.35. The number of hydrogen-bond acceptors (Lipinski definition) is 4. The van der Waals surface area contributed by atoms with Gasteiger partial charge < -0.3 is 0 Å². The van der Waals surface area contributed by atoms with E-state index in [2.05, 4.69) is 15.1 Å². The van der Waals surface area contributed by atoms with E-state index in [4.69, 9.17) is 11.6 Å². The first kappa shape index (κ1) is 10.6. The Kier molecular flexibility index (Phi) is 3.69. The molecule has 0 fully saturated rings. The summed E-state index contributed by atoms with van der Waals surface area (Å²) in [6.45, 7) is 0.885. The Labute approximate surface area is 96.9 Å². The zero-order valence-corrected chi connectivity index (χ0v) is 9.71. The monoisotopic (exact) mass is 242 g/mol. The summed E-state index contributed by atoms with van der Waals surface area (Å²) in [7, 11) is 0. The average Bonchev–Trinajstić information content (AvgIpc) is 2.88. The quantitative estimate of drug-likeness (QED) is 0.755. The number of thiazole rings is 1.